The summed E-state index contributed by atoms with van der Waals surface area (Å²) in [5.74, 6) is -0.747. The third kappa shape index (κ3) is 4.90. The van der Waals surface area contributed by atoms with Crippen molar-refractivity contribution in [1.29, 1.82) is 0 Å². The molecular formula is C24H24ClNO5S. The molecule has 3 aromatic rings. The van der Waals surface area contributed by atoms with Crippen LogP contribution in [0.2, 0.25) is 5.02 Å². The molecule has 2 heterocycles. The van der Waals surface area contributed by atoms with Crippen molar-refractivity contribution in [2.45, 2.75) is 28.9 Å². The Morgan fingerprint density at radius 1 is 1.03 bits per heavy atom. The molecule has 1 amide bonds. The highest BCUT2D eigenvalue weighted by Gasteiger charge is 2.35. The van der Waals surface area contributed by atoms with Gasteiger partial charge in [0.05, 0.1) is 16.9 Å². The fraction of sp³-hybridized carbons (Fsp3) is 0.292. The van der Waals surface area contributed by atoms with Crippen molar-refractivity contribution in [1.82, 2.24) is 5.32 Å². The van der Waals surface area contributed by atoms with E-state index < -0.39 is 15.7 Å². The standard InChI is InChI=1S/C24H24ClNO5S/c25-20-6-4-5-19(15-20)24(10-13-30-14-11-24)17-26-23(27)22-18(9-12-31-22)16-32(28,29)21-7-2-1-3-8-21/h1-9,12,15H,10-11,13-14,16-17H2,(H,26,27). The number of halogens is 1. The maximum atomic E-state index is 13.0. The monoisotopic (exact) mass is 473 g/mol. The van der Waals surface area contributed by atoms with Crippen LogP contribution in [0.1, 0.15) is 34.5 Å². The molecule has 0 saturated carbocycles. The van der Waals surface area contributed by atoms with Crippen LogP contribution in [-0.4, -0.2) is 34.1 Å². The summed E-state index contributed by atoms with van der Waals surface area (Å²) in [5, 5.41) is 3.59. The Kier molecular flexibility index (Phi) is 6.69. The molecule has 0 bridgehead atoms. The number of furan rings is 1. The van der Waals surface area contributed by atoms with Crippen molar-refractivity contribution in [3.63, 3.8) is 0 Å². The lowest BCUT2D eigenvalue weighted by Crippen LogP contribution is -2.44. The highest BCUT2D eigenvalue weighted by Crippen LogP contribution is 2.35. The molecule has 1 aliphatic rings. The number of nitrogens with one attached hydrogen (secondary N) is 1. The molecule has 1 saturated heterocycles. The van der Waals surface area contributed by atoms with Crippen LogP contribution < -0.4 is 5.32 Å². The molecule has 0 aliphatic carbocycles. The second kappa shape index (κ2) is 9.48. The van der Waals surface area contributed by atoms with Gasteiger partial charge in [0.25, 0.3) is 5.91 Å². The van der Waals surface area contributed by atoms with Gasteiger partial charge in [0.2, 0.25) is 0 Å². The van der Waals surface area contributed by atoms with Crippen LogP contribution in [0.5, 0.6) is 0 Å². The van der Waals surface area contributed by atoms with Crippen LogP contribution in [0.3, 0.4) is 0 Å². The SMILES string of the molecule is O=C(NCC1(c2cccc(Cl)c2)CCOCC1)c1occc1CS(=O)(=O)c1ccccc1. The molecule has 0 unspecified atom stereocenters. The number of rotatable bonds is 7. The Bertz CT molecular complexity index is 1180. The van der Waals surface area contributed by atoms with E-state index in [1.807, 2.05) is 24.3 Å². The minimum Gasteiger partial charge on any atom is -0.459 e. The number of benzene rings is 2. The zero-order valence-corrected chi connectivity index (χ0v) is 19.0. The summed E-state index contributed by atoms with van der Waals surface area (Å²) in [4.78, 5) is 13.2. The number of carbonyl (C=O) groups excluding carboxylic acids is 1. The van der Waals surface area contributed by atoms with Gasteiger partial charge in [0.15, 0.2) is 15.6 Å². The minimum atomic E-state index is -3.61. The number of hydrogen-bond donors (Lipinski definition) is 1. The molecule has 32 heavy (non-hydrogen) atoms. The van der Waals surface area contributed by atoms with Crippen LogP contribution in [0.25, 0.3) is 0 Å². The Morgan fingerprint density at radius 2 is 1.78 bits per heavy atom. The normalized spacial score (nSPS) is 15.9. The summed E-state index contributed by atoms with van der Waals surface area (Å²) < 4.78 is 36.4. The lowest BCUT2D eigenvalue weighted by molar-refractivity contribution is 0.0484. The molecule has 2 aromatic carbocycles. The van der Waals surface area contributed by atoms with Crippen LogP contribution >= 0.6 is 11.6 Å². The largest absolute Gasteiger partial charge is 0.459 e. The molecule has 8 heteroatoms. The number of amides is 1. The predicted octanol–water partition coefficient (Wildman–Crippen LogP) is 4.39. The van der Waals surface area contributed by atoms with Gasteiger partial charge in [-0.1, -0.05) is 41.9 Å². The van der Waals surface area contributed by atoms with Gasteiger partial charge in [-0.2, -0.15) is 0 Å². The Labute approximate surface area is 192 Å². The van der Waals surface area contributed by atoms with Gasteiger partial charge in [0, 0.05) is 35.8 Å². The highest BCUT2D eigenvalue weighted by molar-refractivity contribution is 7.90. The van der Waals surface area contributed by atoms with Gasteiger partial charge in [-0.15, -0.1) is 0 Å². The van der Waals surface area contributed by atoms with Crippen LogP contribution in [0.4, 0.5) is 0 Å². The molecule has 0 atom stereocenters. The van der Waals surface area contributed by atoms with Crippen molar-refractivity contribution >= 4 is 27.3 Å². The average molecular weight is 474 g/mol. The van der Waals surface area contributed by atoms with E-state index in [2.05, 4.69) is 5.32 Å². The first-order chi connectivity index (χ1) is 15.4. The lowest BCUT2D eigenvalue weighted by Gasteiger charge is -2.38. The molecule has 1 aliphatic heterocycles. The minimum absolute atomic E-state index is 0.0119. The molecule has 4 rings (SSSR count). The highest BCUT2D eigenvalue weighted by atomic mass is 35.5. The lowest BCUT2D eigenvalue weighted by atomic mass is 9.74. The van der Waals surface area contributed by atoms with E-state index in [0.717, 1.165) is 18.4 Å². The summed E-state index contributed by atoms with van der Waals surface area (Å²) >= 11 is 6.21. The van der Waals surface area contributed by atoms with Gasteiger partial charge in [-0.05, 0) is 48.7 Å². The third-order valence-electron chi connectivity index (χ3n) is 5.88. The fourth-order valence-corrected chi connectivity index (χ4v) is 5.61. The second-order valence-electron chi connectivity index (χ2n) is 7.93. The topological polar surface area (TPSA) is 85.6 Å². The maximum Gasteiger partial charge on any atom is 0.287 e. The van der Waals surface area contributed by atoms with E-state index in [-0.39, 0.29) is 21.8 Å². The summed E-state index contributed by atoms with van der Waals surface area (Å²) in [5.41, 5.74) is 1.05. The Balaban J connectivity index is 1.52. The van der Waals surface area contributed by atoms with Crippen molar-refractivity contribution in [3.05, 3.63) is 88.8 Å². The van der Waals surface area contributed by atoms with E-state index >= 15 is 0 Å². The number of carbonyl (C=O) groups is 1. The quantitative estimate of drug-likeness (QED) is 0.550. The smallest absolute Gasteiger partial charge is 0.287 e. The van der Waals surface area contributed by atoms with E-state index in [0.29, 0.717) is 30.3 Å². The maximum absolute atomic E-state index is 13.0. The average Bonchev–Trinajstić information content (AvgIpc) is 3.26. The van der Waals surface area contributed by atoms with Gasteiger partial charge in [0.1, 0.15) is 0 Å². The number of ether oxygens (including phenoxy) is 1. The molecule has 1 aromatic heterocycles. The molecule has 0 spiro atoms. The van der Waals surface area contributed by atoms with Gasteiger partial charge in [-0.3, -0.25) is 4.79 Å². The number of hydrogen-bond acceptors (Lipinski definition) is 5. The zero-order valence-electron chi connectivity index (χ0n) is 17.4. The van der Waals surface area contributed by atoms with Crippen LogP contribution in [0.15, 0.2) is 76.2 Å². The molecule has 1 fully saturated rings. The molecule has 6 nitrogen and oxygen atoms in total. The van der Waals surface area contributed by atoms with Crippen molar-refractivity contribution in [2.24, 2.45) is 0 Å². The van der Waals surface area contributed by atoms with Crippen LogP contribution in [0, 0.1) is 0 Å². The van der Waals surface area contributed by atoms with Gasteiger partial charge < -0.3 is 14.5 Å². The van der Waals surface area contributed by atoms with Crippen molar-refractivity contribution < 1.29 is 22.4 Å². The Morgan fingerprint density at radius 3 is 2.50 bits per heavy atom. The van der Waals surface area contributed by atoms with Gasteiger partial charge >= 0.3 is 0 Å². The number of sulfone groups is 1. The van der Waals surface area contributed by atoms with Crippen LogP contribution in [-0.2, 0) is 25.7 Å². The van der Waals surface area contributed by atoms with E-state index in [1.165, 1.54) is 24.5 Å². The van der Waals surface area contributed by atoms with Gasteiger partial charge in [-0.25, -0.2) is 8.42 Å². The molecule has 1 N–H and O–H groups in total. The molecule has 168 valence electrons. The molecular weight excluding hydrogens is 450 g/mol. The summed E-state index contributed by atoms with van der Waals surface area (Å²) in [7, 11) is -3.61. The molecule has 0 radical (unpaired) electrons. The Hall–Kier alpha value is -2.61. The third-order valence-corrected chi connectivity index (χ3v) is 7.79. The van der Waals surface area contributed by atoms with E-state index in [1.54, 1.807) is 18.2 Å². The van der Waals surface area contributed by atoms with E-state index in [9.17, 15) is 13.2 Å². The zero-order chi connectivity index (χ0) is 22.6. The van der Waals surface area contributed by atoms with Crippen molar-refractivity contribution in [2.75, 3.05) is 19.8 Å². The first-order valence-corrected chi connectivity index (χ1v) is 12.4. The summed E-state index contributed by atoms with van der Waals surface area (Å²) in [6.45, 7) is 1.54. The predicted molar refractivity (Wildman–Crippen MR) is 122 cm³/mol. The van der Waals surface area contributed by atoms with E-state index in [4.69, 9.17) is 20.8 Å². The summed E-state index contributed by atoms with van der Waals surface area (Å²) in [6.07, 6.45) is 2.81. The second-order valence-corrected chi connectivity index (χ2v) is 10.4. The first-order valence-electron chi connectivity index (χ1n) is 10.4. The first kappa shape index (κ1) is 22.6. The van der Waals surface area contributed by atoms with Crippen molar-refractivity contribution in [3.8, 4) is 0 Å². The summed E-state index contributed by atoms with van der Waals surface area (Å²) in [6, 6.07) is 17.3. The fourth-order valence-electron chi connectivity index (χ4n) is 4.04.